The molecule has 1 N–H and O–H groups in total. The summed E-state index contributed by atoms with van der Waals surface area (Å²) in [5.41, 5.74) is 2.16. The number of ether oxygens (including phenoxy) is 2. The highest BCUT2D eigenvalue weighted by atomic mass is 16.6. The first-order valence-electron chi connectivity index (χ1n) is 12.8. The predicted molar refractivity (Wildman–Crippen MR) is 151 cm³/mol. The molecule has 10 heteroatoms. The smallest absolute Gasteiger partial charge is 0.430 e. The van der Waals surface area contributed by atoms with Crippen LogP contribution in [-0.4, -0.2) is 40.5 Å². The molecule has 210 valence electrons. The molecule has 0 aliphatic rings. The topological polar surface area (TPSA) is 128 Å². The van der Waals surface area contributed by atoms with Crippen LogP contribution in [0.3, 0.4) is 0 Å². The Labute approximate surface area is 236 Å². The van der Waals surface area contributed by atoms with Crippen molar-refractivity contribution in [3.8, 4) is 0 Å². The van der Waals surface area contributed by atoms with Crippen molar-refractivity contribution in [1.29, 1.82) is 0 Å². The fraction of sp³-hybridized carbons (Fsp3) is 0.194. The number of hydrogen-bond acceptors (Lipinski definition) is 7. The van der Waals surface area contributed by atoms with Gasteiger partial charge in [0.1, 0.15) is 25.0 Å². The van der Waals surface area contributed by atoms with Gasteiger partial charge in [-0.15, -0.1) is 0 Å². The average Bonchev–Trinajstić information content (AvgIpc) is 3.00. The highest BCUT2D eigenvalue weighted by molar-refractivity contribution is 5.84. The summed E-state index contributed by atoms with van der Waals surface area (Å²) in [6.45, 7) is 0.351. The Balaban J connectivity index is 1.68. The summed E-state index contributed by atoms with van der Waals surface area (Å²) >= 11 is 0. The van der Waals surface area contributed by atoms with Crippen molar-refractivity contribution >= 4 is 29.2 Å². The van der Waals surface area contributed by atoms with Gasteiger partial charge in [0.2, 0.25) is 6.54 Å². The zero-order valence-electron chi connectivity index (χ0n) is 22.3. The number of carbonyl (C=O) groups excluding carboxylic acids is 3. The molecule has 0 aliphatic heterocycles. The number of aldehydes is 1. The van der Waals surface area contributed by atoms with Crippen molar-refractivity contribution < 1.29 is 28.8 Å². The first-order valence-corrected chi connectivity index (χ1v) is 12.8. The van der Waals surface area contributed by atoms with Crippen molar-refractivity contribution in [2.75, 3.05) is 6.54 Å². The molecule has 2 amide bonds. The number of fused-ring (bicyclic) bond motifs is 1. The Hall–Kier alpha value is -5.25. The molecule has 0 bridgehead atoms. The van der Waals surface area contributed by atoms with Crippen LogP contribution in [0.25, 0.3) is 10.8 Å². The van der Waals surface area contributed by atoms with Crippen molar-refractivity contribution in [2.24, 2.45) is 0 Å². The summed E-state index contributed by atoms with van der Waals surface area (Å²) in [6.07, 6.45) is -1.73. The van der Waals surface area contributed by atoms with Gasteiger partial charge < -0.3 is 14.3 Å². The van der Waals surface area contributed by atoms with Gasteiger partial charge in [-0.05, 0) is 34.4 Å². The van der Waals surface area contributed by atoms with Crippen LogP contribution in [0.5, 0.6) is 0 Å². The van der Waals surface area contributed by atoms with Crippen molar-refractivity contribution in [1.82, 2.24) is 10.4 Å². The van der Waals surface area contributed by atoms with Crippen LogP contribution in [0.4, 0.5) is 9.59 Å². The highest BCUT2D eigenvalue weighted by Crippen LogP contribution is 2.34. The lowest BCUT2D eigenvalue weighted by atomic mass is 9.80. The van der Waals surface area contributed by atoms with Crippen LogP contribution in [0, 0.1) is 10.1 Å². The number of rotatable bonds is 10. The van der Waals surface area contributed by atoms with Gasteiger partial charge in [-0.3, -0.25) is 10.1 Å². The minimum atomic E-state index is -1.95. The van der Waals surface area contributed by atoms with E-state index in [4.69, 9.17) is 9.47 Å². The van der Waals surface area contributed by atoms with Crippen LogP contribution in [0.1, 0.15) is 29.5 Å². The number of nitrogens with one attached hydrogen (secondary N) is 1. The lowest BCUT2D eigenvalue weighted by Crippen LogP contribution is -2.63. The molecular weight excluding hydrogens is 526 g/mol. The number of nitrogens with zero attached hydrogens (tertiary/aromatic N) is 2. The minimum absolute atomic E-state index is 0.111. The third-order valence-corrected chi connectivity index (χ3v) is 6.74. The van der Waals surface area contributed by atoms with E-state index in [0.29, 0.717) is 28.0 Å². The Bertz CT molecular complexity index is 1510. The second-order valence-corrected chi connectivity index (χ2v) is 9.57. The van der Waals surface area contributed by atoms with E-state index in [1.54, 1.807) is 72.8 Å². The number of hydrogen-bond donors (Lipinski definition) is 1. The molecule has 0 saturated carbocycles. The molecular formula is C31H29N3O7. The number of benzene rings is 4. The summed E-state index contributed by atoms with van der Waals surface area (Å²) < 4.78 is 10.7. The summed E-state index contributed by atoms with van der Waals surface area (Å²) in [5.74, 6) is -1.17. The van der Waals surface area contributed by atoms with Crippen LogP contribution >= 0.6 is 0 Å². The number of nitro groups is 1. The van der Waals surface area contributed by atoms with Crippen LogP contribution < -0.4 is 5.43 Å². The van der Waals surface area contributed by atoms with E-state index in [9.17, 15) is 24.5 Å². The monoisotopic (exact) mass is 555 g/mol. The Morgan fingerprint density at radius 3 is 2.02 bits per heavy atom. The number of carbonyl (C=O) groups is 3. The lowest BCUT2D eigenvalue weighted by Gasteiger charge is -2.39. The van der Waals surface area contributed by atoms with E-state index in [1.807, 2.05) is 30.3 Å². The van der Waals surface area contributed by atoms with Gasteiger partial charge in [0.25, 0.3) is 0 Å². The fourth-order valence-electron chi connectivity index (χ4n) is 4.49. The van der Waals surface area contributed by atoms with Gasteiger partial charge in [0.05, 0.1) is 5.92 Å². The zero-order valence-corrected chi connectivity index (χ0v) is 22.3. The summed E-state index contributed by atoms with van der Waals surface area (Å²) in [5, 5.41) is 14.2. The first kappa shape index (κ1) is 28.8. The van der Waals surface area contributed by atoms with E-state index < -0.39 is 35.1 Å². The fourth-order valence-corrected chi connectivity index (χ4v) is 4.49. The second-order valence-electron chi connectivity index (χ2n) is 9.57. The Morgan fingerprint density at radius 1 is 0.878 bits per heavy atom. The van der Waals surface area contributed by atoms with Crippen LogP contribution in [0.15, 0.2) is 103 Å². The standard InChI is InChI=1S/C31H29N3O7/c1-31(22-35,28(19-33(38)39)27-17-16-25-14-8-9-15-26(25)18-27)34(30(37)41-21-24-12-6-3-7-13-24)32-29(36)40-20-23-10-4-2-5-11-23/h2-18,22,28H,19-21H2,1H3,(H,32,36)/t28-,31-/m1/s1. The average molecular weight is 556 g/mol. The van der Waals surface area contributed by atoms with E-state index in [1.165, 1.54) is 6.92 Å². The summed E-state index contributed by atoms with van der Waals surface area (Å²) in [6, 6.07) is 30.3. The molecule has 41 heavy (non-hydrogen) atoms. The van der Waals surface area contributed by atoms with Crippen LogP contribution in [-0.2, 0) is 27.5 Å². The molecule has 0 aliphatic carbocycles. The van der Waals surface area contributed by atoms with E-state index >= 15 is 0 Å². The normalized spacial score (nSPS) is 12.9. The third kappa shape index (κ3) is 7.24. The SMILES string of the molecule is C[C@@](C=O)([C@H](C[N+](=O)[O-])c1ccc2ccccc2c1)N(NC(=O)OCc1ccccc1)C(=O)OCc1ccccc1. The molecule has 0 heterocycles. The van der Waals surface area contributed by atoms with Gasteiger partial charge in [-0.25, -0.2) is 20.0 Å². The second kappa shape index (κ2) is 13.2. The molecule has 4 rings (SSSR count). The molecule has 10 nitrogen and oxygen atoms in total. The molecule has 2 atom stereocenters. The minimum Gasteiger partial charge on any atom is -0.443 e. The van der Waals surface area contributed by atoms with Crippen molar-refractivity contribution in [3.05, 3.63) is 130 Å². The maximum absolute atomic E-state index is 13.5. The molecule has 0 aromatic heterocycles. The Morgan fingerprint density at radius 2 is 1.44 bits per heavy atom. The third-order valence-electron chi connectivity index (χ3n) is 6.74. The maximum atomic E-state index is 13.5. The molecule has 4 aromatic rings. The highest BCUT2D eigenvalue weighted by Gasteiger charge is 2.48. The number of amides is 2. The summed E-state index contributed by atoms with van der Waals surface area (Å²) in [4.78, 5) is 50.4. The molecule has 0 saturated heterocycles. The largest absolute Gasteiger partial charge is 0.443 e. The van der Waals surface area contributed by atoms with E-state index in [2.05, 4.69) is 5.43 Å². The molecule has 0 fully saturated rings. The molecule has 4 aromatic carbocycles. The van der Waals surface area contributed by atoms with Gasteiger partial charge in [0, 0.05) is 4.92 Å². The Kier molecular flexibility index (Phi) is 9.26. The van der Waals surface area contributed by atoms with Gasteiger partial charge in [0.15, 0.2) is 0 Å². The quantitative estimate of drug-likeness (QED) is 0.152. The molecule has 0 radical (unpaired) electrons. The zero-order chi connectivity index (χ0) is 29.2. The first-order chi connectivity index (χ1) is 19.8. The van der Waals surface area contributed by atoms with Gasteiger partial charge in [-0.2, -0.15) is 0 Å². The lowest BCUT2D eigenvalue weighted by molar-refractivity contribution is -0.485. The van der Waals surface area contributed by atoms with Gasteiger partial charge in [-0.1, -0.05) is 103 Å². The summed E-state index contributed by atoms with van der Waals surface area (Å²) in [7, 11) is 0. The van der Waals surface area contributed by atoms with Crippen molar-refractivity contribution in [3.63, 3.8) is 0 Å². The van der Waals surface area contributed by atoms with Crippen molar-refractivity contribution in [2.45, 2.75) is 31.6 Å². The number of hydrazine groups is 1. The maximum Gasteiger partial charge on any atom is 0.430 e. The van der Waals surface area contributed by atoms with E-state index in [0.717, 1.165) is 10.8 Å². The molecule has 0 unspecified atom stereocenters. The molecule has 0 spiro atoms. The van der Waals surface area contributed by atoms with Crippen LogP contribution in [0.2, 0.25) is 0 Å². The predicted octanol–water partition coefficient (Wildman–Crippen LogP) is 5.64. The van der Waals surface area contributed by atoms with Gasteiger partial charge >= 0.3 is 12.2 Å². The van der Waals surface area contributed by atoms with E-state index in [-0.39, 0.29) is 13.2 Å².